The summed E-state index contributed by atoms with van der Waals surface area (Å²) in [5.74, 6) is 0.222. The number of benzene rings is 1. The standard InChI is InChI=1S/C10H8F3NO/c11-10(12,13)6-15-8-1-2-9-7(5-8)3-4-14-9/h1-5,14H,6H2. The van der Waals surface area contributed by atoms with Gasteiger partial charge in [-0.3, -0.25) is 0 Å². The zero-order chi connectivity index (χ0) is 10.9. The Morgan fingerprint density at radius 1 is 1.20 bits per heavy atom. The monoisotopic (exact) mass is 215 g/mol. The summed E-state index contributed by atoms with van der Waals surface area (Å²) < 4.78 is 40.2. The molecule has 5 heteroatoms. The van der Waals surface area contributed by atoms with Gasteiger partial charge in [0.05, 0.1) is 0 Å². The molecule has 80 valence electrons. The van der Waals surface area contributed by atoms with Crippen LogP contribution in [0.5, 0.6) is 5.75 Å². The zero-order valence-electron chi connectivity index (χ0n) is 7.64. The number of aromatic amines is 1. The maximum Gasteiger partial charge on any atom is 0.422 e. The minimum absolute atomic E-state index is 0.222. The molecular formula is C10H8F3NO. The number of ether oxygens (including phenoxy) is 1. The first-order valence-corrected chi connectivity index (χ1v) is 4.31. The molecule has 2 nitrogen and oxygen atoms in total. The number of aromatic nitrogens is 1. The van der Waals surface area contributed by atoms with E-state index < -0.39 is 12.8 Å². The number of H-pyrrole nitrogens is 1. The second-order valence-electron chi connectivity index (χ2n) is 3.13. The molecule has 1 aromatic carbocycles. The van der Waals surface area contributed by atoms with E-state index in [-0.39, 0.29) is 5.75 Å². The van der Waals surface area contributed by atoms with E-state index in [4.69, 9.17) is 0 Å². The molecule has 1 aromatic heterocycles. The van der Waals surface area contributed by atoms with E-state index in [1.54, 1.807) is 24.4 Å². The van der Waals surface area contributed by atoms with E-state index in [1.807, 2.05) is 0 Å². The quantitative estimate of drug-likeness (QED) is 0.817. The van der Waals surface area contributed by atoms with Crippen molar-refractivity contribution < 1.29 is 17.9 Å². The van der Waals surface area contributed by atoms with Gasteiger partial charge < -0.3 is 9.72 Å². The smallest absolute Gasteiger partial charge is 0.422 e. The van der Waals surface area contributed by atoms with Gasteiger partial charge in [0, 0.05) is 17.1 Å². The van der Waals surface area contributed by atoms with Crippen molar-refractivity contribution >= 4 is 10.9 Å². The van der Waals surface area contributed by atoms with Crippen LogP contribution >= 0.6 is 0 Å². The van der Waals surface area contributed by atoms with Crippen molar-refractivity contribution in [3.8, 4) is 5.75 Å². The molecule has 0 fully saturated rings. The van der Waals surface area contributed by atoms with Crippen molar-refractivity contribution in [2.24, 2.45) is 0 Å². The van der Waals surface area contributed by atoms with Gasteiger partial charge in [-0.1, -0.05) is 0 Å². The van der Waals surface area contributed by atoms with Crippen LogP contribution in [0.25, 0.3) is 10.9 Å². The first-order chi connectivity index (χ1) is 7.04. The average molecular weight is 215 g/mol. The van der Waals surface area contributed by atoms with E-state index >= 15 is 0 Å². The van der Waals surface area contributed by atoms with Crippen molar-refractivity contribution in [1.82, 2.24) is 4.98 Å². The third-order valence-electron chi connectivity index (χ3n) is 1.93. The topological polar surface area (TPSA) is 25.0 Å². The normalized spacial score (nSPS) is 11.9. The van der Waals surface area contributed by atoms with Crippen LogP contribution in [0.2, 0.25) is 0 Å². The zero-order valence-corrected chi connectivity index (χ0v) is 7.64. The average Bonchev–Trinajstić information content (AvgIpc) is 2.60. The summed E-state index contributed by atoms with van der Waals surface area (Å²) >= 11 is 0. The first-order valence-electron chi connectivity index (χ1n) is 4.31. The number of hydrogen-bond acceptors (Lipinski definition) is 1. The number of nitrogens with one attached hydrogen (secondary N) is 1. The Balaban J connectivity index is 2.15. The lowest BCUT2D eigenvalue weighted by Crippen LogP contribution is -2.19. The van der Waals surface area contributed by atoms with Gasteiger partial charge >= 0.3 is 6.18 Å². The SMILES string of the molecule is FC(F)(F)COc1ccc2[nH]ccc2c1. The highest BCUT2D eigenvalue weighted by molar-refractivity contribution is 5.80. The Morgan fingerprint density at radius 2 is 2.00 bits per heavy atom. The highest BCUT2D eigenvalue weighted by atomic mass is 19.4. The highest BCUT2D eigenvalue weighted by Gasteiger charge is 2.28. The molecule has 2 rings (SSSR count). The molecule has 1 N–H and O–H groups in total. The van der Waals surface area contributed by atoms with Crippen LogP contribution in [0, 0.1) is 0 Å². The van der Waals surface area contributed by atoms with E-state index in [2.05, 4.69) is 9.72 Å². The Hall–Kier alpha value is -1.65. The fraction of sp³-hybridized carbons (Fsp3) is 0.200. The molecule has 1 heterocycles. The molecule has 0 spiro atoms. The minimum atomic E-state index is -4.30. The molecule has 0 amide bonds. The van der Waals surface area contributed by atoms with Gasteiger partial charge in [0.2, 0.25) is 0 Å². The fourth-order valence-electron chi connectivity index (χ4n) is 1.29. The number of halogens is 3. The summed E-state index contributed by atoms with van der Waals surface area (Å²) in [6.45, 7) is -1.26. The fourth-order valence-corrected chi connectivity index (χ4v) is 1.29. The molecule has 0 saturated heterocycles. The minimum Gasteiger partial charge on any atom is -0.484 e. The number of fused-ring (bicyclic) bond motifs is 1. The Morgan fingerprint density at radius 3 is 2.73 bits per heavy atom. The van der Waals surface area contributed by atoms with Crippen LogP contribution in [0.3, 0.4) is 0 Å². The number of alkyl halides is 3. The number of rotatable bonds is 2. The maximum atomic E-state index is 11.9. The van der Waals surface area contributed by atoms with E-state index in [1.165, 1.54) is 6.07 Å². The van der Waals surface area contributed by atoms with Gasteiger partial charge in [-0.15, -0.1) is 0 Å². The van der Waals surface area contributed by atoms with Crippen molar-refractivity contribution in [2.45, 2.75) is 6.18 Å². The second-order valence-corrected chi connectivity index (χ2v) is 3.13. The molecule has 0 atom stereocenters. The molecule has 2 aromatic rings. The predicted octanol–water partition coefficient (Wildman–Crippen LogP) is 3.11. The van der Waals surface area contributed by atoms with Crippen molar-refractivity contribution in [1.29, 1.82) is 0 Å². The molecule has 0 saturated carbocycles. The van der Waals surface area contributed by atoms with Gasteiger partial charge in [0.25, 0.3) is 0 Å². The highest BCUT2D eigenvalue weighted by Crippen LogP contribution is 2.22. The molecule has 15 heavy (non-hydrogen) atoms. The van der Waals surface area contributed by atoms with Crippen LogP contribution in [-0.4, -0.2) is 17.8 Å². The summed E-state index contributed by atoms with van der Waals surface area (Å²) in [7, 11) is 0. The Labute approximate surface area is 83.7 Å². The van der Waals surface area contributed by atoms with Crippen molar-refractivity contribution in [3.63, 3.8) is 0 Å². The summed E-state index contributed by atoms with van der Waals surface area (Å²) in [5, 5.41) is 0.828. The molecule has 0 unspecified atom stereocenters. The van der Waals surface area contributed by atoms with Gasteiger partial charge in [-0.2, -0.15) is 13.2 Å². The van der Waals surface area contributed by atoms with E-state index in [0.29, 0.717) is 0 Å². The predicted molar refractivity (Wildman–Crippen MR) is 49.8 cm³/mol. The molecule has 0 radical (unpaired) electrons. The van der Waals surface area contributed by atoms with Crippen LogP contribution in [0.4, 0.5) is 13.2 Å². The molecular weight excluding hydrogens is 207 g/mol. The summed E-state index contributed by atoms with van der Waals surface area (Å²) in [6, 6.07) is 6.53. The van der Waals surface area contributed by atoms with Crippen molar-refractivity contribution in [3.05, 3.63) is 30.5 Å². The molecule has 0 bridgehead atoms. The molecule has 0 aliphatic heterocycles. The van der Waals surface area contributed by atoms with Gasteiger partial charge in [0.1, 0.15) is 5.75 Å². The van der Waals surface area contributed by atoms with Gasteiger partial charge in [0.15, 0.2) is 6.61 Å². The van der Waals surface area contributed by atoms with Crippen molar-refractivity contribution in [2.75, 3.05) is 6.61 Å². The first kappa shape index (κ1) is 9.89. The number of hydrogen-bond donors (Lipinski definition) is 1. The molecule has 0 aliphatic carbocycles. The summed E-state index contributed by atoms with van der Waals surface area (Å²) in [5.41, 5.74) is 0.870. The lowest BCUT2D eigenvalue weighted by atomic mass is 10.2. The molecule has 0 aliphatic rings. The van der Waals surface area contributed by atoms with Crippen LogP contribution in [0.15, 0.2) is 30.5 Å². The third-order valence-corrected chi connectivity index (χ3v) is 1.93. The lowest BCUT2D eigenvalue weighted by Gasteiger charge is -2.08. The second kappa shape index (κ2) is 3.49. The van der Waals surface area contributed by atoms with Gasteiger partial charge in [-0.05, 0) is 24.3 Å². The van der Waals surface area contributed by atoms with Crippen LogP contribution < -0.4 is 4.74 Å². The van der Waals surface area contributed by atoms with E-state index in [0.717, 1.165) is 10.9 Å². The largest absolute Gasteiger partial charge is 0.484 e. The summed E-state index contributed by atoms with van der Waals surface area (Å²) in [6.07, 6.45) is -2.58. The van der Waals surface area contributed by atoms with Gasteiger partial charge in [-0.25, -0.2) is 0 Å². The summed E-state index contributed by atoms with van der Waals surface area (Å²) in [4.78, 5) is 2.94. The third kappa shape index (κ3) is 2.43. The van der Waals surface area contributed by atoms with Crippen LogP contribution in [-0.2, 0) is 0 Å². The maximum absolute atomic E-state index is 11.9. The van der Waals surface area contributed by atoms with Crippen LogP contribution in [0.1, 0.15) is 0 Å². The Bertz CT molecular complexity index is 461. The Kier molecular flexibility index (Phi) is 2.30. The lowest BCUT2D eigenvalue weighted by molar-refractivity contribution is -0.153. The van der Waals surface area contributed by atoms with E-state index in [9.17, 15) is 13.2 Å².